The summed E-state index contributed by atoms with van der Waals surface area (Å²) in [6, 6.07) is 9.07. The molecule has 6 heteroatoms. The average Bonchev–Trinajstić information content (AvgIpc) is 2.85. The SMILES string of the molecule is CCn1nccc1NC(=O)COc1ccc(Br)cc1. The van der Waals surface area contributed by atoms with Crippen molar-refractivity contribution in [3.63, 3.8) is 0 Å². The molecule has 100 valence electrons. The van der Waals surface area contributed by atoms with Crippen LogP contribution in [0.25, 0.3) is 0 Å². The zero-order valence-corrected chi connectivity index (χ0v) is 12.1. The lowest BCUT2D eigenvalue weighted by Crippen LogP contribution is -2.22. The molecule has 0 spiro atoms. The van der Waals surface area contributed by atoms with Crippen molar-refractivity contribution in [1.29, 1.82) is 0 Å². The maximum atomic E-state index is 11.7. The standard InChI is InChI=1S/C13H14BrN3O2/c1-2-17-12(7-8-15-17)16-13(18)9-19-11-5-3-10(14)4-6-11/h3-8H,2,9H2,1H3,(H,16,18). The summed E-state index contributed by atoms with van der Waals surface area (Å²) in [6.07, 6.45) is 1.65. The smallest absolute Gasteiger partial charge is 0.263 e. The first-order chi connectivity index (χ1) is 9.19. The van der Waals surface area contributed by atoms with Crippen LogP contribution in [0.5, 0.6) is 5.75 Å². The molecule has 5 nitrogen and oxygen atoms in total. The zero-order valence-electron chi connectivity index (χ0n) is 10.5. The van der Waals surface area contributed by atoms with Gasteiger partial charge in [-0.2, -0.15) is 5.10 Å². The van der Waals surface area contributed by atoms with Gasteiger partial charge >= 0.3 is 0 Å². The molecule has 0 aliphatic carbocycles. The first kappa shape index (κ1) is 13.6. The van der Waals surface area contributed by atoms with Gasteiger partial charge in [-0.1, -0.05) is 15.9 Å². The van der Waals surface area contributed by atoms with E-state index in [1.807, 2.05) is 19.1 Å². The number of carbonyl (C=O) groups excluding carboxylic acids is 1. The molecule has 0 saturated carbocycles. The maximum absolute atomic E-state index is 11.7. The number of hydrogen-bond acceptors (Lipinski definition) is 3. The number of aryl methyl sites for hydroxylation is 1. The molecular formula is C13H14BrN3O2. The minimum absolute atomic E-state index is 0.0312. The Morgan fingerprint density at radius 1 is 1.37 bits per heavy atom. The highest BCUT2D eigenvalue weighted by atomic mass is 79.9. The fourth-order valence-electron chi connectivity index (χ4n) is 1.55. The van der Waals surface area contributed by atoms with Gasteiger partial charge in [0.15, 0.2) is 6.61 Å². The quantitative estimate of drug-likeness (QED) is 0.920. The number of halogens is 1. The third-order valence-electron chi connectivity index (χ3n) is 2.47. The lowest BCUT2D eigenvalue weighted by molar-refractivity contribution is -0.118. The Kier molecular flexibility index (Phi) is 4.57. The molecule has 1 heterocycles. The summed E-state index contributed by atoms with van der Waals surface area (Å²) < 4.78 is 8.06. The van der Waals surface area contributed by atoms with Crippen LogP contribution in [0, 0.1) is 0 Å². The normalized spacial score (nSPS) is 10.2. The molecule has 0 atom stereocenters. The number of ether oxygens (including phenoxy) is 1. The van der Waals surface area contributed by atoms with Crippen molar-refractivity contribution in [3.05, 3.63) is 41.0 Å². The first-order valence-electron chi connectivity index (χ1n) is 5.89. The molecule has 1 N–H and O–H groups in total. The van der Waals surface area contributed by atoms with Crippen molar-refractivity contribution in [2.45, 2.75) is 13.5 Å². The van der Waals surface area contributed by atoms with Gasteiger partial charge in [0, 0.05) is 17.1 Å². The molecule has 1 amide bonds. The van der Waals surface area contributed by atoms with Crippen LogP contribution < -0.4 is 10.1 Å². The van der Waals surface area contributed by atoms with Crippen molar-refractivity contribution in [3.8, 4) is 5.75 Å². The van der Waals surface area contributed by atoms with E-state index in [1.165, 1.54) is 0 Å². The van der Waals surface area contributed by atoms with E-state index in [4.69, 9.17) is 4.74 Å². The Labute approximate surface area is 119 Å². The van der Waals surface area contributed by atoms with Gasteiger partial charge < -0.3 is 10.1 Å². The number of anilines is 1. The van der Waals surface area contributed by atoms with Gasteiger partial charge in [0.05, 0.1) is 6.20 Å². The Bertz CT molecular complexity index is 551. The van der Waals surface area contributed by atoms with E-state index in [1.54, 1.807) is 29.1 Å². The fourth-order valence-corrected chi connectivity index (χ4v) is 1.81. The number of amides is 1. The Morgan fingerprint density at radius 2 is 2.11 bits per heavy atom. The van der Waals surface area contributed by atoms with Crippen LogP contribution in [0.2, 0.25) is 0 Å². The third-order valence-corrected chi connectivity index (χ3v) is 3.00. The summed E-state index contributed by atoms with van der Waals surface area (Å²) in [7, 11) is 0. The predicted octanol–water partition coefficient (Wildman–Crippen LogP) is 2.68. The predicted molar refractivity (Wildman–Crippen MR) is 76.2 cm³/mol. The molecule has 0 aliphatic rings. The molecule has 0 bridgehead atoms. The van der Waals surface area contributed by atoms with Crippen molar-refractivity contribution >= 4 is 27.7 Å². The zero-order chi connectivity index (χ0) is 13.7. The third kappa shape index (κ3) is 3.82. The number of rotatable bonds is 5. The van der Waals surface area contributed by atoms with Gasteiger partial charge in [0.2, 0.25) is 0 Å². The van der Waals surface area contributed by atoms with Gasteiger partial charge in [0.25, 0.3) is 5.91 Å². The maximum Gasteiger partial charge on any atom is 0.263 e. The van der Waals surface area contributed by atoms with Gasteiger partial charge in [0.1, 0.15) is 11.6 Å². The lowest BCUT2D eigenvalue weighted by Gasteiger charge is -2.08. The van der Waals surface area contributed by atoms with Crippen molar-refractivity contribution in [2.24, 2.45) is 0 Å². The van der Waals surface area contributed by atoms with E-state index < -0.39 is 0 Å². The topological polar surface area (TPSA) is 56.2 Å². The van der Waals surface area contributed by atoms with Crippen LogP contribution in [0.3, 0.4) is 0 Å². The van der Waals surface area contributed by atoms with Crippen molar-refractivity contribution in [1.82, 2.24) is 9.78 Å². The monoisotopic (exact) mass is 323 g/mol. The summed E-state index contributed by atoms with van der Waals surface area (Å²) in [6.45, 7) is 2.63. The summed E-state index contributed by atoms with van der Waals surface area (Å²) in [5.41, 5.74) is 0. The number of nitrogens with zero attached hydrogens (tertiary/aromatic N) is 2. The molecule has 0 unspecified atom stereocenters. The van der Waals surface area contributed by atoms with E-state index in [0.717, 1.165) is 4.47 Å². The van der Waals surface area contributed by atoms with Crippen LogP contribution in [0.15, 0.2) is 41.0 Å². The van der Waals surface area contributed by atoms with E-state index >= 15 is 0 Å². The molecule has 0 fully saturated rings. The molecule has 2 rings (SSSR count). The Morgan fingerprint density at radius 3 is 2.79 bits per heavy atom. The molecule has 2 aromatic rings. The number of carbonyl (C=O) groups is 1. The molecule has 1 aromatic heterocycles. The van der Waals surface area contributed by atoms with E-state index in [0.29, 0.717) is 18.1 Å². The van der Waals surface area contributed by atoms with Crippen LogP contribution >= 0.6 is 15.9 Å². The number of aromatic nitrogens is 2. The van der Waals surface area contributed by atoms with Crippen LogP contribution in [-0.2, 0) is 11.3 Å². The molecule has 0 saturated heterocycles. The van der Waals surface area contributed by atoms with Gasteiger partial charge in [-0.05, 0) is 31.2 Å². The highest BCUT2D eigenvalue weighted by molar-refractivity contribution is 9.10. The van der Waals surface area contributed by atoms with E-state index in [2.05, 4.69) is 26.3 Å². The minimum atomic E-state index is -0.210. The second kappa shape index (κ2) is 6.38. The average molecular weight is 324 g/mol. The summed E-state index contributed by atoms with van der Waals surface area (Å²) in [5, 5.41) is 6.82. The lowest BCUT2D eigenvalue weighted by atomic mass is 10.3. The fraction of sp³-hybridized carbons (Fsp3) is 0.231. The molecule has 0 aliphatic heterocycles. The van der Waals surface area contributed by atoms with E-state index in [9.17, 15) is 4.79 Å². The van der Waals surface area contributed by atoms with Crippen LogP contribution in [0.1, 0.15) is 6.92 Å². The van der Waals surface area contributed by atoms with Gasteiger partial charge in [-0.25, -0.2) is 4.68 Å². The van der Waals surface area contributed by atoms with Crippen molar-refractivity contribution < 1.29 is 9.53 Å². The van der Waals surface area contributed by atoms with E-state index in [-0.39, 0.29) is 12.5 Å². The highest BCUT2D eigenvalue weighted by Gasteiger charge is 2.07. The van der Waals surface area contributed by atoms with Crippen LogP contribution in [0.4, 0.5) is 5.82 Å². The molecule has 19 heavy (non-hydrogen) atoms. The molecule has 0 radical (unpaired) electrons. The minimum Gasteiger partial charge on any atom is -0.484 e. The Hall–Kier alpha value is -1.82. The van der Waals surface area contributed by atoms with Gasteiger partial charge in [-0.15, -0.1) is 0 Å². The number of hydrogen-bond donors (Lipinski definition) is 1. The number of benzene rings is 1. The van der Waals surface area contributed by atoms with Crippen LogP contribution in [-0.4, -0.2) is 22.3 Å². The molecular weight excluding hydrogens is 310 g/mol. The summed E-state index contributed by atoms with van der Waals surface area (Å²) in [4.78, 5) is 11.7. The Balaban J connectivity index is 1.86. The second-order valence-corrected chi connectivity index (χ2v) is 4.74. The second-order valence-electron chi connectivity index (χ2n) is 3.82. The summed E-state index contributed by atoms with van der Waals surface area (Å²) >= 11 is 3.34. The highest BCUT2D eigenvalue weighted by Crippen LogP contribution is 2.16. The summed E-state index contributed by atoms with van der Waals surface area (Å²) in [5.74, 6) is 1.12. The first-order valence-corrected chi connectivity index (χ1v) is 6.68. The van der Waals surface area contributed by atoms with Gasteiger partial charge in [-0.3, -0.25) is 4.79 Å². The largest absolute Gasteiger partial charge is 0.484 e. The molecule has 1 aromatic carbocycles. The van der Waals surface area contributed by atoms with Crippen molar-refractivity contribution in [2.75, 3.05) is 11.9 Å². The number of nitrogens with one attached hydrogen (secondary N) is 1.